The highest BCUT2D eigenvalue weighted by Crippen LogP contribution is 2.29. The molecule has 3 aromatic rings. The van der Waals surface area contributed by atoms with Crippen LogP contribution in [0.15, 0.2) is 60.3 Å². The van der Waals surface area contributed by atoms with Gasteiger partial charge in [-0.1, -0.05) is 43.0 Å². The zero-order chi connectivity index (χ0) is 23.6. The highest BCUT2D eigenvalue weighted by Gasteiger charge is 2.15. The van der Waals surface area contributed by atoms with Crippen LogP contribution < -0.4 is 14.8 Å². The third-order valence-corrected chi connectivity index (χ3v) is 5.81. The maximum atomic E-state index is 12.4. The monoisotopic (exact) mass is 466 g/mol. The molecule has 0 aliphatic carbocycles. The quantitative estimate of drug-likeness (QED) is 0.297. The van der Waals surface area contributed by atoms with Crippen molar-refractivity contribution in [1.29, 1.82) is 0 Å². The lowest BCUT2D eigenvalue weighted by molar-refractivity contribution is -0.113. The van der Waals surface area contributed by atoms with Crippen molar-refractivity contribution in [3.63, 3.8) is 0 Å². The van der Waals surface area contributed by atoms with Crippen molar-refractivity contribution in [3.8, 4) is 11.5 Å². The van der Waals surface area contributed by atoms with Gasteiger partial charge in [0.15, 0.2) is 22.5 Å². The molecule has 0 aliphatic heterocycles. The number of nitrogens with zero attached hydrogens (tertiary/aromatic N) is 3. The SMILES string of the molecule is C=CCn1c(COc2ccc(C)cc2OCC)nnc1SCC(=O)Nc1ccc(CC)cc1. The molecule has 1 amide bonds. The smallest absolute Gasteiger partial charge is 0.234 e. The standard InChI is InChI=1S/C25H30N4O3S/c1-5-14-29-23(16-32-21-13-8-18(4)15-22(21)31-7-3)27-28-25(29)33-17-24(30)26-20-11-9-19(6-2)10-12-20/h5,8-13,15H,1,6-7,14,16-17H2,2-4H3,(H,26,30). The van der Waals surface area contributed by atoms with E-state index in [1.54, 1.807) is 6.08 Å². The van der Waals surface area contributed by atoms with Crippen LogP contribution in [0.2, 0.25) is 0 Å². The summed E-state index contributed by atoms with van der Waals surface area (Å²) in [6.45, 7) is 11.2. The predicted molar refractivity (Wildman–Crippen MR) is 132 cm³/mol. The second-order valence-corrected chi connectivity index (χ2v) is 8.30. The van der Waals surface area contributed by atoms with Gasteiger partial charge in [0.05, 0.1) is 12.4 Å². The number of anilines is 1. The molecule has 0 spiro atoms. The van der Waals surface area contributed by atoms with Crippen molar-refractivity contribution in [1.82, 2.24) is 14.8 Å². The number of amides is 1. The first-order valence-electron chi connectivity index (χ1n) is 10.9. The van der Waals surface area contributed by atoms with Crippen molar-refractivity contribution in [2.24, 2.45) is 0 Å². The van der Waals surface area contributed by atoms with Crippen LogP contribution in [0.4, 0.5) is 5.69 Å². The normalized spacial score (nSPS) is 10.6. The minimum absolute atomic E-state index is 0.101. The summed E-state index contributed by atoms with van der Waals surface area (Å²) in [5.74, 6) is 2.12. The molecular formula is C25H30N4O3S. The van der Waals surface area contributed by atoms with Gasteiger partial charge in [0.25, 0.3) is 0 Å². The zero-order valence-electron chi connectivity index (χ0n) is 19.3. The molecule has 0 saturated heterocycles. The molecule has 0 fully saturated rings. The number of allylic oxidation sites excluding steroid dienone is 1. The Morgan fingerprint density at radius 3 is 2.61 bits per heavy atom. The molecule has 1 heterocycles. The number of ether oxygens (including phenoxy) is 2. The Morgan fingerprint density at radius 2 is 1.91 bits per heavy atom. The van der Waals surface area contributed by atoms with Crippen molar-refractivity contribution in [2.75, 3.05) is 17.7 Å². The Morgan fingerprint density at radius 1 is 1.12 bits per heavy atom. The summed E-state index contributed by atoms with van der Waals surface area (Å²) in [7, 11) is 0. The number of aryl methyl sites for hydroxylation is 2. The number of carbonyl (C=O) groups is 1. The first-order valence-corrected chi connectivity index (χ1v) is 11.9. The summed E-state index contributed by atoms with van der Waals surface area (Å²) in [6, 6.07) is 13.7. The molecule has 33 heavy (non-hydrogen) atoms. The number of hydrogen-bond donors (Lipinski definition) is 1. The van der Waals surface area contributed by atoms with E-state index in [-0.39, 0.29) is 18.3 Å². The minimum Gasteiger partial charge on any atom is -0.490 e. The van der Waals surface area contributed by atoms with Crippen LogP contribution in [0.5, 0.6) is 11.5 Å². The third kappa shape index (κ3) is 6.86. The van der Waals surface area contributed by atoms with Crippen molar-refractivity contribution in [3.05, 3.63) is 72.1 Å². The fraction of sp³-hybridized carbons (Fsp3) is 0.320. The zero-order valence-corrected chi connectivity index (χ0v) is 20.2. The number of rotatable bonds is 12. The topological polar surface area (TPSA) is 78.3 Å². The minimum atomic E-state index is -0.101. The number of nitrogens with one attached hydrogen (secondary N) is 1. The number of thioether (sulfide) groups is 1. The lowest BCUT2D eigenvalue weighted by Gasteiger charge is -2.13. The van der Waals surface area contributed by atoms with E-state index in [9.17, 15) is 4.79 Å². The molecular weight excluding hydrogens is 436 g/mol. The summed E-state index contributed by atoms with van der Waals surface area (Å²) in [4.78, 5) is 12.4. The van der Waals surface area contributed by atoms with Gasteiger partial charge in [0.1, 0.15) is 6.61 Å². The molecule has 0 saturated carbocycles. The Kier molecular flexibility index (Phi) is 8.95. The van der Waals surface area contributed by atoms with Gasteiger partial charge in [-0.3, -0.25) is 9.36 Å². The van der Waals surface area contributed by atoms with Crippen molar-refractivity contribution >= 4 is 23.4 Å². The Labute approximate surface area is 199 Å². The third-order valence-electron chi connectivity index (χ3n) is 4.84. The number of carbonyl (C=O) groups excluding carboxylic acids is 1. The highest BCUT2D eigenvalue weighted by molar-refractivity contribution is 7.99. The van der Waals surface area contributed by atoms with E-state index in [4.69, 9.17) is 9.47 Å². The van der Waals surface area contributed by atoms with E-state index in [1.165, 1.54) is 17.3 Å². The maximum Gasteiger partial charge on any atom is 0.234 e. The van der Waals surface area contributed by atoms with Crippen molar-refractivity contribution in [2.45, 2.75) is 45.5 Å². The molecule has 0 unspecified atom stereocenters. The summed E-state index contributed by atoms with van der Waals surface area (Å²) in [5, 5.41) is 12.1. The van der Waals surface area contributed by atoms with Gasteiger partial charge in [0.2, 0.25) is 5.91 Å². The van der Waals surface area contributed by atoms with E-state index in [0.29, 0.717) is 35.6 Å². The van der Waals surface area contributed by atoms with Gasteiger partial charge in [0, 0.05) is 12.2 Å². The van der Waals surface area contributed by atoms with Gasteiger partial charge < -0.3 is 14.8 Å². The summed E-state index contributed by atoms with van der Waals surface area (Å²) >= 11 is 1.33. The molecule has 0 bridgehead atoms. The molecule has 1 aromatic heterocycles. The molecule has 1 N–H and O–H groups in total. The lowest BCUT2D eigenvalue weighted by atomic mass is 10.1. The van der Waals surface area contributed by atoms with Gasteiger partial charge in [-0.15, -0.1) is 16.8 Å². The van der Waals surface area contributed by atoms with Crippen LogP contribution in [0.1, 0.15) is 30.8 Å². The Balaban J connectivity index is 1.63. The second-order valence-electron chi connectivity index (χ2n) is 7.36. The van der Waals surface area contributed by atoms with Gasteiger partial charge in [-0.05, 0) is 55.7 Å². The first kappa shape index (κ1) is 24.4. The molecule has 174 valence electrons. The average molecular weight is 467 g/mol. The largest absolute Gasteiger partial charge is 0.490 e. The average Bonchev–Trinajstić information content (AvgIpc) is 3.19. The molecule has 0 atom stereocenters. The van der Waals surface area contributed by atoms with Crippen LogP contribution >= 0.6 is 11.8 Å². The van der Waals surface area contributed by atoms with Crippen LogP contribution in [0.25, 0.3) is 0 Å². The predicted octanol–water partition coefficient (Wildman–Crippen LogP) is 5.04. The van der Waals surface area contributed by atoms with E-state index >= 15 is 0 Å². The molecule has 3 rings (SSSR count). The fourth-order valence-electron chi connectivity index (χ4n) is 3.14. The van der Waals surface area contributed by atoms with Gasteiger partial charge in [-0.2, -0.15) is 0 Å². The molecule has 2 aromatic carbocycles. The lowest BCUT2D eigenvalue weighted by Crippen LogP contribution is -2.15. The van der Waals surface area contributed by atoms with Crippen LogP contribution in [0.3, 0.4) is 0 Å². The van der Waals surface area contributed by atoms with Crippen LogP contribution in [0, 0.1) is 6.92 Å². The fourth-order valence-corrected chi connectivity index (χ4v) is 3.91. The van der Waals surface area contributed by atoms with E-state index < -0.39 is 0 Å². The van der Waals surface area contributed by atoms with Crippen molar-refractivity contribution < 1.29 is 14.3 Å². The van der Waals surface area contributed by atoms with E-state index in [1.807, 2.05) is 60.9 Å². The molecule has 7 nitrogen and oxygen atoms in total. The summed E-state index contributed by atoms with van der Waals surface area (Å²) < 4.78 is 13.6. The van der Waals surface area contributed by atoms with Gasteiger partial charge in [-0.25, -0.2) is 0 Å². The number of hydrogen-bond acceptors (Lipinski definition) is 6. The van der Waals surface area contributed by atoms with Crippen LogP contribution in [-0.2, 0) is 24.4 Å². The molecule has 8 heteroatoms. The van der Waals surface area contributed by atoms with E-state index in [2.05, 4.69) is 29.0 Å². The Bertz CT molecular complexity index is 1080. The number of benzene rings is 2. The van der Waals surface area contributed by atoms with Crippen LogP contribution in [-0.4, -0.2) is 33.0 Å². The second kappa shape index (κ2) is 12.1. The Hall–Kier alpha value is -3.26. The van der Waals surface area contributed by atoms with Gasteiger partial charge >= 0.3 is 0 Å². The highest BCUT2D eigenvalue weighted by atomic mass is 32.2. The molecule has 0 aliphatic rings. The van der Waals surface area contributed by atoms with E-state index in [0.717, 1.165) is 17.7 Å². The summed E-state index contributed by atoms with van der Waals surface area (Å²) in [6.07, 6.45) is 2.73. The molecule has 0 radical (unpaired) electrons. The number of aromatic nitrogens is 3. The first-order chi connectivity index (χ1) is 16.0. The maximum absolute atomic E-state index is 12.4. The summed E-state index contributed by atoms with van der Waals surface area (Å²) in [5.41, 5.74) is 3.11.